The van der Waals surface area contributed by atoms with Crippen LogP contribution in [-0.4, -0.2) is 28.2 Å². The van der Waals surface area contributed by atoms with Crippen molar-refractivity contribution in [3.05, 3.63) is 28.8 Å². The zero-order valence-corrected chi connectivity index (χ0v) is 12.8. The van der Waals surface area contributed by atoms with E-state index in [1.807, 2.05) is 6.07 Å². The Morgan fingerprint density at radius 3 is 3.15 bits per heavy atom. The molecule has 1 saturated heterocycles. The molecule has 106 valence electrons. The Balaban J connectivity index is 1.61. The topological polar surface area (TPSA) is 63.8 Å². The van der Waals surface area contributed by atoms with Gasteiger partial charge in [0.1, 0.15) is 0 Å². The van der Waals surface area contributed by atoms with Gasteiger partial charge >= 0.3 is 0 Å². The van der Waals surface area contributed by atoms with E-state index in [2.05, 4.69) is 36.4 Å². The maximum Gasteiger partial charge on any atom is 0.226 e. The summed E-state index contributed by atoms with van der Waals surface area (Å²) < 4.78 is 6.24. The van der Waals surface area contributed by atoms with E-state index >= 15 is 0 Å². The van der Waals surface area contributed by atoms with Crippen molar-refractivity contribution in [2.75, 3.05) is 13.1 Å². The molecule has 1 N–H and O–H groups in total. The third kappa shape index (κ3) is 3.43. The van der Waals surface area contributed by atoms with E-state index in [-0.39, 0.29) is 0 Å². The predicted molar refractivity (Wildman–Crippen MR) is 79.1 cm³/mol. The monoisotopic (exact) mass is 336 g/mol. The van der Waals surface area contributed by atoms with Gasteiger partial charge in [0.05, 0.1) is 0 Å². The van der Waals surface area contributed by atoms with Crippen molar-refractivity contribution in [2.24, 2.45) is 5.92 Å². The molecule has 1 fully saturated rings. The molecule has 5 nitrogen and oxygen atoms in total. The average molecular weight is 337 g/mol. The summed E-state index contributed by atoms with van der Waals surface area (Å²) >= 11 is 3.39. The van der Waals surface area contributed by atoms with E-state index in [0.29, 0.717) is 11.7 Å². The molecule has 0 aromatic carbocycles. The van der Waals surface area contributed by atoms with Crippen molar-refractivity contribution in [3.8, 4) is 11.4 Å². The summed E-state index contributed by atoms with van der Waals surface area (Å²) in [6.45, 7) is 2.26. The highest BCUT2D eigenvalue weighted by atomic mass is 79.9. The first-order chi connectivity index (χ1) is 9.81. The Kier molecular flexibility index (Phi) is 4.42. The molecule has 0 aliphatic carbocycles. The molecular weight excluding hydrogens is 320 g/mol. The third-order valence-electron chi connectivity index (χ3n) is 3.60. The second kappa shape index (κ2) is 6.45. The highest BCUT2D eigenvalue weighted by Crippen LogP contribution is 2.21. The summed E-state index contributed by atoms with van der Waals surface area (Å²) in [7, 11) is 0. The average Bonchev–Trinajstić information content (AvgIpc) is 2.95. The number of hydrogen-bond acceptors (Lipinski definition) is 5. The van der Waals surface area contributed by atoms with E-state index < -0.39 is 0 Å². The largest absolute Gasteiger partial charge is 0.339 e. The van der Waals surface area contributed by atoms with Gasteiger partial charge in [0.2, 0.25) is 11.7 Å². The van der Waals surface area contributed by atoms with Crippen molar-refractivity contribution in [1.82, 2.24) is 20.4 Å². The number of pyridine rings is 1. The molecule has 3 rings (SSSR count). The van der Waals surface area contributed by atoms with E-state index in [1.165, 1.54) is 12.8 Å². The van der Waals surface area contributed by atoms with Crippen LogP contribution in [0.5, 0.6) is 0 Å². The summed E-state index contributed by atoms with van der Waals surface area (Å²) in [4.78, 5) is 8.56. The standard InChI is InChI=1S/C14H17BrN4O/c15-12-6-11(8-17-9-12)14-18-13(20-19-14)4-3-10-2-1-5-16-7-10/h6,8-10,16H,1-5,7H2. The minimum absolute atomic E-state index is 0.607. The number of aryl methyl sites for hydroxylation is 1. The van der Waals surface area contributed by atoms with Crippen LogP contribution in [0.15, 0.2) is 27.5 Å². The van der Waals surface area contributed by atoms with Crippen LogP contribution < -0.4 is 5.32 Å². The molecule has 1 aliphatic rings. The molecule has 20 heavy (non-hydrogen) atoms. The molecule has 3 heterocycles. The smallest absolute Gasteiger partial charge is 0.226 e. The van der Waals surface area contributed by atoms with Gasteiger partial charge in [0.15, 0.2) is 0 Å². The van der Waals surface area contributed by atoms with E-state index in [4.69, 9.17) is 4.52 Å². The molecule has 0 saturated carbocycles. The second-order valence-electron chi connectivity index (χ2n) is 5.15. The summed E-state index contributed by atoms with van der Waals surface area (Å²) in [6.07, 6.45) is 7.99. The number of nitrogens with one attached hydrogen (secondary N) is 1. The van der Waals surface area contributed by atoms with Gasteiger partial charge in [-0.15, -0.1) is 0 Å². The quantitative estimate of drug-likeness (QED) is 0.929. The van der Waals surface area contributed by atoms with Gasteiger partial charge in [-0.1, -0.05) is 5.16 Å². The Morgan fingerprint density at radius 2 is 2.35 bits per heavy atom. The van der Waals surface area contributed by atoms with Crippen molar-refractivity contribution in [2.45, 2.75) is 25.7 Å². The van der Waals surface area contributed by atoms with E-state index in [9.17, 15) is 0 Å². The number of nitrogens with zero attached hydrogens (tertiary/aromatic N) is 3. The third-order valence-corrected chi connectivity index (χ3v) is 4.03. The first-order valence-electron chi connectivity index (χ1n) is 6.95. The summed E-state index contributed by atoms with van der Waals surface area (Å²) in [5.41, 5.74) is 0.869. The van der Waals surface area contributed by atoms with Crippen LogP contribution in [0.4, 0.5) is 0 Å². The van der Waals surface area contributed by atoms with Crippen LogP contribution in [-0.2, 0) is 6.42 Å². The normalized spacial score (nSPS) is 19.1. The van der Waals surface area contributed by atoms with E-state index in [0.717, 1.165) is 41.9 Å². The summed E-state index contributed by atoms with van der Waals surface area (Å²) in [5.74, 6) is 2.05. The molecule has 2 aromatic heterocycles. The molecule has 1 atom stereocenters. The summed E-state index contributed by atoms with van der Waals surface area (Å²) in [6, 6.07) is 1.94. The lowest BCUT2D eigenvalue weighted by molar-refractivity contribution is 0.327. The minimum Gasteiger partial charge on any atom is -0.339 e. The van der Waals surface area contributed by atoms with Gasteiger partial charge < -0.3 is 9.84 Å². The van der Waals surface area contributed by atoms with Crippen LogP contribution in [0.1, 0.15) is 25.2 Å². The summed E-state index contributed by atoms with van der Waals surface area (Å²) in [5, 5.41) is 7.46. The van der Waals surface area contributed by atoms with Crippen molar-refractivity contribution >= 4 is 15.9 Å². The SMILES string of the molecule is Brc1cncc(-c2noc(CCC3CCCNC3)n2)c1. The van der Waals surface area contributed by atoms with Crippen molar-refractivity contribution in [1.29, 1.82) is 0 Å². The first kappa shape index (κ1) is 13.7. The fourth-order valence-corrected chi connectivity index (χ4v) is 2.87. The minimum atomic E-state index is 0.607. The molecule has 1 aliphatic heterocycles. The number of rotatable bonds is 4. The first-order valence-corrected chi connectivity index (χ1v) is 7.75. The van der Waals surface area contributed by atoms with Gasteiger partial charge in [-0.05, 0) is 60.3 Å². The maximum atomic E-state index is 5.33. The highest BCUT2D eigenvalue weighted by Gasteiger charge is 2.15. The second-order valence-corrected chi connectivity index (χ2v) is 6.07. The van der Waals surface area contributed by atoms with Crippen LogP contribution in [0, 0.1) is 5.92 Å². The zero-order chi connectivity index (χ0) is 13.8. The molecule has 6 heteroatoms. The van der Waals surface area contributed by atoms with Crippen molar-refractivity contribution in [3.63, 3.8) is 0 Å². The van der Waals surface area contributed by atoms with Crippen LogP contribution in [0.2, 0.25) is 0 Å². The van der Waals surface area contributed by atoms with Gasteiger partial charge in [0.25, 0.3) is 0 Å². The Hall–Kier alpha value is -1.27. The van der Waals surface area contributed by atoms with Gasteiger partial charge in [0, 0.05) is 28.9 Å². The number of halogens is 1. The van der Waals surface area contributed by atoms with Crippen molar-refractivity contribution < 1.29 is 4.52 Å². The number of piperidine rings is 1. The Labute approximate surface area is 126 Å². The van der Waals surface area contributed by atoms with Crippen LogP contribution in [0.25, 0.3) is 11.4 Å². The molecule has 0 spiro atoms. The van der Waals surface area contributed by atoms with Gasteiger partial charge in [-0.25, -0.2) is 0 Å². The van der Waals surface area contributed by atoms with Gasteiger partial charge in [-0.3, -0.25) is 4.98 Å². The molecular formula is C14H17BrN4O. The van der Waals surface area contributed by atoms with Gasteiger partial charge in [-0.2, -0.15) is 4.98 Å². The van der Waals surface area contributed by atoms with E-state index in [1.54, 1.807) is 12.4 Å². The fraction of sp³-hybridized carbons (Fsp3) is 0.500. The van der Waals surface area contributed by atoms with Crippen LogP contribution >= 0.6 is 15.9 Å². The lowest BCUT2D eigenvalue weighted by atomic mass is 9.95. The lowest BCUT2D eigenvalue weighted by Gasteiger charge is -2.21. The molecule has 1 unspecified atom stereocenters. The number of hydrogen-bond donors (Lipinski definition) is 1. The predicted octanol–water partition coefficient (Wildman–Crippen LogP) is 2.83. The Morgan fingerprint density at radius 1 is 1.40 bits per heavy atom. The van der Waals surface area contributed by atoms with Crippen LogP contribution in [0.3, 0.4) is 0 Å². The zero-order valence-electron chi connectivity index (χ0n) is 11.2. The number of aromatic nitrogens is 3. The molecule has 2 aromatic rings. The lowest BCUT2D eigenvalue weighted by Crippen LogP contribution is -2.29. The molecule has 0 radical (unpaired) electrons. The molecule has 0 amide bonds. The maximum absolute atomic E-state index is 5.33. The highest BCUT2D eigenvalue weighted by molar-refractivity contribution is 9.10. The fourth-order valence-electron chi connectivity index (χ4n) is 2.51. The Bertz CT molecular complexity index is 566. The molecule has 0 bridgehead atoms.